The van der Waals surface area contributed by atoms with Crippen LogP contribution in [0.15, 0.2) is 42.5 Å². The number of nitriles is 1. The van der Waals surface area contributed by atoms with Crippen molar-refractivity contribution in [3.63, 3.8) is 0 Å². The van der Waals surface area contributed by atoms with E-state index in [1.807, 2.05) is 12.1 Å². The number of amides is 1. The number of hydrogen-bond acceptors (Lipinski definition) is 5. The molecule has 0 unspecified atom stereocenters. The van der Waals surface area contributed by atoms with E-state index in [4.69, 9.17) is 5.26 Å². The Kier molecular flexibility index (Phi) is 5.69. The molecule has 1 aliphatic heterocycles. The summed E-state index contributed by atoms with van der Waals surface area (Å²) >= 11 is 1.53. The van der Waals surface area contributed by atoms with E-state index < -0.39 is 0 Å². The quantitative estimate of drug-likeness (QED) is 0.668. The molecule has 8 heteroatoms. The first-order valence-corrected chi connectivity index (χ1v) is 10.4. The molecule has 1 aliphatic rings. The fourth-order valence-corrected chi connectivity index (χ4v) is 4.49. The van der Waals surface area contributed by atoms with Gasteiger partial charge in [0.2, 0.25) is 0 Å². The largest absolute Gasteiger partial charge is 0.346 e. The second-order valence-electron chi connectivity index (χ2n) is 7.02. The third-order valence-corrected chi connectivity index (χ3v) is 6.22. The number of benzene rings is 2. The summed E-state index contributed by atoms with van der Waals surface area (Å²) in [6.45, 7) is 5.07. The zero-order chi connectivity index (χ0) is 20.2. The molecule has 148 valence electrons. The van der Waals surface area contributed by atoms with Gasteiger partial charge in [-0.25, -0.2) is 9.37 Å². The molecule has 2 heterocycles. The zero-order valence-corrected chi connectivity index (χ0v) is 16.6. The highest BCUT2D eigenvalue weighted by Gasteiger charge is 2.22. The van der Waals surface area contributed by atoms with E-state index in [1.54, 1.807) is 30.3 Å². The van der Waals surface area contributed by atoms with Crippen molar-refractivity contribution in [3.8, 4) is 6.07 Å². The average molecular weight is 410 g/mol. The Balaban J connectivity index is 1.25. The minimum Gasteiger partial charge on any atom is -0.346 e. The van der Waals surface area contributed by atoms with E-state index in [0.717, 1.165) is 42.6 Å². The predicted octanol–water partition coefficient (Wildman–Crippen LogP) is 1.44. The molecule has 0 aliphatic carbocycles. The monoisotopic (exact) mass is 410 g/mol. The molecule has 1 fully saturated rings. The average Bonchev–Trinajstić information content (AvgIpc) is 3.20. The highest BCUT2D eigenvalue weighted by molar-refractivity contribution is 7.22. The highest BCUT2D eigenvalue weighted by atomic mass is 32.1. The van der Waals surface area contributed by atoms with Crippen LogP contribution in [0.5, 0.6) is 0 Å². The first kappa shape index (κ1) is 19.3. The molecule has 2 N–H and O–H groups in total. The van der Waals surface area contributed by atoms with Gasteiger partial charge >= 0.3 is 0 Å². The van der Waals surface area contributed by atoms with Gasteiger partial charge in [-0.3, -0.25) is 4.79 Å². The Bertz CT molecular complexity index is 1050. The molecule has 0 spiro atoms. The van der Waals surface area contributed by atoms with Crippen LogP contribution in [0.4, 0.5) is 9.52 Å². The smallest absolute Gasteiger partial charge is 0.251 e. The first-order valence-electron chi connectivity index (χ1n) is 9.56. The molecular formula is C21H21FN5OS+. The van der Waals surface area contributed by atoms with Gasteiger partial charge in [0, 0.05) is 5.56 Å². The van der Waals surface area contributed by atoms with E-state index in [-0.39, 0.29) is 11.7 Å². The van der Waals surface area contributed by atoms with Gasteiger partial charge in [0.25, 0.3) is 5.91 Å². The van der Waals surface area contributed by atoms with Crippen molar-refractivity contribution in [2.24, 2.45) is 0 Å². The minimum absolute atomic E-state index is 0.121. The molecule has 1 aromatic heterocycles. The van der Waals surface area contributed by atoms with Gasteiger partial charge in [-0.15, -0.1) is 0 Å². The lowest BCUT2D eigenvalue weighted by atomic mass is 10.1. The first-order chi connectivity index (χ1) is 14.1. The lowest BCUT2D eigenvalue weighted by Gasteiger charge is -2.32. The number of quaternary nitrogens is 1. The maximum absolute atomic E-state index is 13.9. The Morgan fingerprint density at radius 3 is 2.69 bits per heavy atom. The van der Waals surface area contributed by atoms with Crippen LogP contribution in [0.2, 0.25) is 0 Å². The molecule has 0 radical (unpaired) electrons. The molecule has 0 atom stereocenters. The lowest BCUT2D eigenvalue weighted by Crippen LogP contribution is -3.15. The number of piperazine rings is 1. The van der Waals surface area contributed by atoms with E-state index >= 15 is 0 Å². The van der Waals surface area contributed by atoms with Gasteiger partial charge in [-0.1, -0.05) is 17.4 Å². The molecule has 3 aromatic rings. The number of anilines is 1. The van der Waals surface area contributed by atoms with Crippen molar-refractivity contribution in [2.45, 2.75) is 0 Å². The third kappa shape index (κ3) is 4.36. The Hall–Kier alpha value is -3.02. The van der Waals surface area contributed by atoms with Crippen LogP contribution in [0.3, 0.4) is 0 Å². The number of halogens is 1. The van der Waals surface area contributed by atoms with E-state index in [0.29, 0.717) is 23.2 Å². The molecule has 4 rings (SSSR count). The van der Waals surface area contributed by atoms with Crippen molar-refractivity contribution in [3.05, 3.63) is 59.4 Å². The van der Waals surface area contributed by atoms with Gasteiger partial charge in [0.1, 0.15) is 11.3 Å². The number of carbonyl (C=O) groups excluding carboxylic acids is 1. The number of carbonyl (C=O) groups is 1. The number of hydrogen-bond donors (Lipinski definition) is 2. The number of thiazole rings is 1. The van der Waals surface area contributed by atoms with Gasteiger partial charge in [0.15, 0.2) is 5.13 Å². The molecule has 2 aromatic carbocycles. The normalized spacial score (nSPS) is 14.7. The second kappa shape index (κ2) is 8.55. The number of nitrogens with zero attached hydrogens (tertiary/aromatic N) is 3. The van der Waals surface area contributed by atoms with Crippen LogP contribution in [0.25, 0.3) is 10.2 Å². The maximum Gasteiger partial charge on any atom is 0.251 e. The molecule has 0 bridgehead atoms. The van der Waals surface area contributed by atoms with Crippen LogP contribution >= 0.6 is 11.3 Å². The number of rotatable bonds is 5. The maximum atomic E-state index is 13.9. The molecule has 1 saturated heterocycles. The van der Waals surface area contributed by atoms with Gasteiger partial charge < -0.3 is 15.1 Å². The number of fused-ring (bicyclic) bond motifs is 1. The second-order valence-corrected chi connectivity index (χ2v) is 8.02. The van der Waals surface area contributed by atoms with Gasteiger partial charge in [-0.2, -0.15) is 5.26 Å². The number of aromatic nitrogens is 1. The molecular weight excluding hydrogens is 389 g/mol. The van der Waals surface area contributed by atoms with E-state index in [1.165, 1.54) is 22.3 Å². The summed E-state index contributed by atoms with van der Waals surface area (Å²) < 4.78 is 14.7. The number of nitrogens with one attached hydrogen (secondary N) is 2. The minimum atomic E-state index is -0.271. The lowest BCUT2D eigenvalue weighted by molar-refractivity contribution is -0.899. The van der Waals surface area contributed by atoms with Crippen molar-refractivity contribution >= 4 is 32.6 Å². The van der Waals surface area contributed by atoms with E-state index in [9.17, 15) is 9.18 Å². The Morgan fingerprint density at radius 2 is 2.00 bits per heavy atom. The van der Waals surface area contributed by atoms with Crippen LogP contribution in [-0.2, 0) is 0 Å². The van der Waals surface area contributed by atoms with Crippen molar-refractivity contribution in [1.82, 2.24) is 10.3 Å². The van der Waals surface area contributed by atoms with Crippen LogP contribution < -0.4 is 15.1 Å². The molecule has 29 heavy (non-hydrogen) atoms. The predicted molar refractivity (Wildman–Crippen MR) is 111 cm³/mol. The summed E-state index contributed by atoms with van der Waals surface area (Å²) in [5, 5.41) is 12.6. The fourth-order valence-electron chi connectivity index (χ4n) is 3.45. The standard InChI is InChI=1S/C21H20FN5OS/c22-17-2-1-3-18-19(17)25-21(29-18)27-12-10-26(11-13-27)9-8-24-20(28)16-6-4-15(14-23)5-7-16/h1-7H,8-13H2,(H,24,28)/p+1. The third-order valence-electron chi connectivity index (χ3n) is 5.14. The Labute approximate surface area is 172 Å². The zero-order valence-electron chi connectivity index (χ0n) is 15.8. The summed E-state index contributed by atoms with van der Waals surface area (Å²) in [5.41, 5.74) is 1.56. The van der Waals surface area contributed by atoms with Crippen LogP contribution in [0.1, 0.15) is 15.9 Å². The van der Waals surface area contributed by atoms with Gasteiger partial charge in [0.05, 0.1) is 55.6 Å². The van der Waals surface area contributed by atoms with Crippen molar-refractivity contribution in [2.75, 3.05) is 44.2 Å². The summed E-state index contributed by atoms with van der Waals surface area (Å²) in [6, 6.07) is 13.7. The van der Waals surface area contributed by atoms with Crippen LogP contribution in [-0.4, -0.2) is 50.2 Å². The molecule has 6 nitrogen and oxygen atoms in total. The SMILES string of the molecule is N#Cc1ccc(C(=O)NCC[NH+]2CCN(c3nc4c(F)cccc4s3)CC2)cc1. The Morgan fingerprint density at radius 1 is 1.24 bits per heavy atom. The molecule has 0 saturated carbocycles. The van der Waals surface area contributed by atoms with Crippen molar-refractivity contribution < 1.29 is 14.1 Å². The summed E-state index contributed by atoms with van der Waals surface area (Å²) in [5.74, 6) is -0.392. The van der Waals surface area contributed by atoms with Crippen LogP contribution in [0, 0.1) is 17.1 Å². The summed E-state index contributed by atoms with van der Waals surface area (Å²) in [6.07, 6.45) is 0. The summed E-state index contributed by atoms with van der Waals surface area (Å²) in [4.78, 5) is 20.3. The van der Waals surface area contributed by atoms with Crippen molar-refractivity contribution in [1.29, 1.82) is 5.26 Å². The van der Waals surface area contributed by atoms with E-state index in [2.05, 4.69) is 15.2 Å². The highest BCUT2D eigenvalue weighted by Crippen LogP contribution is 2.30. The fraction of sp³-hybridized carbons (Fsp3) is 0.286. The topological polar surface area (TPSA) is 73.5 Å². The number of para-hydroxylation sites is 1. The van der Waals surface area contributed by atoms with Gasteiger partial charge in [-0.05, 0) is 36.4 Å². The molecule has 1 amide bonds. The summed E-state index contributed by atoms with van der Waals surface area (Å²) in [7, 11) is 0.